The molecule has 0 saturated carbocycles. The van der Waals surface area contributed by atoms with E-state index in [0.717, 1.165) is 13.8 Å². The van der Waals surface area contributed by atoms with Crippen molar-refractivity contribution in [1.82, 2.24) is 10.6 Å². The molecule has 0 aliphatic carbocycles. The highest BCUT2D eigenvalue weighted by atomic mass is 16.8. The van der Waals surface area contributed by atoms with Gasteiger partial charge in [0.15, 0.2) is 31.3 Å². The maximum Gasteiger partial charge on any atom is 0.335 e. The van der Waals surface area contributed by atoms with Crippen LogP contribution in [-0.2, 0) is 52.3 Å². The first-order valence-corrected chi connectivity index (χ1v) is 17.7. The zero-order valence-electron chi connectivity index (χ0n) is 30.5. The van der Waals surface area contributed by atoms with Crippen LogP contribution in [0.4, 0.5) is 0 Å². The number of hydrogen-bond acceptors (Lipinski definition) is 23. The van der Waals surface area contributed by atoms with Gasteiger partial charge in [-0.2, -0.15) is 0 Å². The summed E-state index contributed by atoms with van der Waals surface area (Å²) in [5.74, 6) is -3.45. The Labute approximate surface area is 322 Å². The zero-order valence-corrected chi connectivity index (χ0v) is 30.5. The lowest BCUT2D eigenvalue weighted by atomic mass is 9.94. The first-order chi connectivity index (χ1) is 26.9. The van der Waals surface area contributed by atoms with Crippen molar-refractivity contribution in [3.8, 4) is 0 Å². The Hall–Kier alpha value is -2.39. The van der Waals surface area contributed by atoms with Gasteiger partial charge >= 0.3 is 5.97 Å². The molecule has 26 heteroatoms. The van der Waals surface area contributed by atoms with E-state index in [2.05, 4.69) is 10.6 Å². The lowest BCUT2D eigenvalue weighted by Crippen LogP contribution is -2.70. The Bertz CT molecular complexity index is 1320. The molecule has 4 saturated heterocycles. The van der Waals surface area contributed by atoms with Crippen LogP contribution >= 0.6 is 0 Å². The molecule has 4 fully saturated rings. The number of carbonyl (C=O) groups is 3. The number of carboxylic acid groups (broad SMARTS) is 1. The van der Waals surface area contributed by atoms with E-state index in [4.69, 9.17) is 37.9 Å². The van der Waals surface area contributed by atoms with Crippen LogP contribution in [0, 0.1) is 0 Å². The average molecular weight is 837 g/mol. The van der Waals surface area contributed by atoms with Crippen LogP contribution < -0.4 is 10.6 Å². The van der Waals surface area contributed by atoms with E-state index in [9.17, 15) is 80.8 Å². The van der Waals surface area contributed by atoms with Crippen molar-refractivity contribution in [3.63, 3.8) is 0 Å². The maximum atomic E-state index is 12.6. The number of rotatable bonds is 17. The normalized spacial score (nSPS) is 43.6. The molecule has 26 nitrogen and oxygen atoms in total. The number of carboxylic acids is 1. The predicted octanol–water partition coefficient (Wildman–Crippen LogP) is -9.99. The summed E-state index contributed by atoms with van der Waals surface area (Å²) in [6, 6.07) is -3.38. The van der Waals surface area contributed by atoms with Gasteiger partial charge in [-0.15, -0.1) is 0 Å². The van der Waals surface area contributed by atoms with E-state index >= 15 is 0 Å². The molecule has 4 aliphatic heterocycles. The maximum absolute atomic E-state index is 12.6. The minimum atomic E-state index is -2.27. The number of carbonyl (C=O) groups excluding carboxylic acids is 2. The summed E-state index contributed by atoms with van der Waals surface area (Å²) >= 11 is 0. The zero-order chi connectivity index (χ0) is 42.5. The van der Waals surface area contributed by atoms with Crippen molar-refractivity contribution >= 4 is 17.8 Å². The van der Waals surface area contributed by atoms with Crippen molar-refractivity contribution in [2.75, 3.05) is 33.0 Å². The Kier molecular flexibility index (Phi) is 17.2. The van der Waals surface area contributed by atoms with Crippen molar-refractivity contribution in [1.29, 1.82) is 0 Å². The molecule has 0 unspecified atom stereocenters. The fourth-order valence-corrected chi connectivity index (χ4v) is 6.73. The van der Waals surface area contributed by atoms with Gasteiger partial charge in [0.1, 0.15) is 97.5 Å². The molecule has 0 spiro atoms. The Balaban J connectivity index is 1.72. The van der Waals surface area contributed by atoms with E-state index in [1.807, 2.05) is 0 Å². The summed E-state index contributed by atoms with van der Waals surface area (Å²) in [7, 11) is 0. The Morgan fingerprint density at radius 3 is 1.51 bits per heavy atom. The topological polar surface area (TPSA) is 412 Å². The molecule has 0 aromatic rings. The molecule has 0 bridgehead atoms. The monoisotopic (exact) mass is 836 g/mol. The van der Waals surface area contributed by atoms with Gasteiger partial charge < -0.3 is 115 Å². The second-order valence-electron chi connectivity index (χ2n) is 13.7. The summed E-state index contributed by atoms with van der Waals surface area (Å²) < 4.78 is 45.6. The number of aliphatic hydroxyl groups excluding tert-OH is 12. The molecule has 57 heavy (non-hydrogen) atoms. The number of amides is 2. The summed E-state index contributed by atoms with van der Waals surface area (Å²) in [5.41, 5.74) is 0. The van der Waals surface area contributed by atoms with Crippen LogP contribution in [0.2, 0.25) is 0 Å². The highest BCUT2D eigenvalue weighted by Crippen LogP contribution is 2.35. The summed E-state index contributed by atoms with van der Waals surface area (Å²) in [6.45, 7) is -2.43. The Morgan fingerprint density at radius 1 is 0.561 bits per heavy atom. The largest absolute Gasteiger partial charge is 0.479 e. The van der Waals surface area contributed by atoms with Gasteiger partial charge in [0.2, 0.25) is 11.8 Å². The summed E-state index contributed by atoms with van der Waals surface area (Å²) in [4.78, 5) is 36.7. The molecule has 0 aromatic heterocycles. The summed E-state index contributed by atoms with van der Waals surface area (Å²) in [6.07, 6.45) is -35.5. The first kappa shape index (κ1) is 47.3. The van der Waals surface area contributed by atoms with Crippen LogP contribution in [0.25, 0.3) is 0 Å². The second kappa shape index (κ2) is 20.7. The standard InChI is InChI=1S/C31H52N2O24/c1-8(39)32-15-20(45)17(42)12(5-36)51-28(15)57-26-22(47)21(46)24(27(48)49)55-31(26)54-23-16(33-9(2)40)29(52-13(6-37)18(23)43)56-25-19(44)14(7-38)53-30(25)50-11(4-35)10(41)3-34/h10-26,28-31,34-38,41-47H,3-7H2,1-2H3,(H,32,39)(H,33,40)(H,48,49)/t10-,11-,12-,13-,14+,15-,16-,17-,18-,19+,20-,21-,22+,23-,24+,25-,26-,28+,29-,30-,31-/m1/s1. The number of ether oxygens (including phenoxy) is 8. The molecule has 2 amide bonds. The minimum absolute atomic E-state index is 0.776. The second-order valence-corrected chi connectivity index (χ2v) is 13.7. The highest BCUT2D eigenvalue weighted by molar-refractivity contribution is 5.74. The highest BCUT2D eigenvalue weighted by Gasteiger charge is 2.57. The SMILES string of the molecule is CC(=O)N[C@H]1[C@H](O[C@H]2[C@H](O[C@H]3[C@H](O)[C@@H](CO)O[C@H](O[C@H]4[C@H](O[C@H](CO)[C@H](O)CO)O[C@@H](CO)[C@@H]4O)[C@@H]3NC(C)=O)O[C@H](C(=O)O)[C@H](O)[C@@H]2O)O[C@H](CO)[C@@H](O)[C@@H]1O. The Morgan fingerprint density at radius 2 is 1.02 bits per heavy atom. The molecule has 4 aliphatic rings. The van der Waals surface area contributed by atoms with Crippen molar-refractivity contribution < 1.29 is 119 Å². The van der Waals surface area contributed by atoms with Crippen LogP contribution in [0.15, 0.2) is 0 Å². The number of aliphatic hydroxyl groups is 12. The van der Waals surface area contributed by atoms with Gasteiger partial charge in [0.05, 0.1) is 33.0 Å². The quantitative estimate of drug-likeness (QED) is 0.0647. The third-order valence-corrected chi connectivity index (χ3v) is 9.72. The van der Waals surface area contributed by atoms with E-state index in [0.29, 0.717) is 0 Å². The van der Waals surface area contributed by atoms with E-state index in [1.165, 1.54) is 0 Å². The molecule has 21 atom stereocenters. The van der Waals surface area contributed by atoms with Gasteiger partial charge in [-0.25, -0.2) is 4.79 Å². The minimum Gasteiger partial charge on any atom is -0.479 e. The first-order valence-electron chi connectivity index (χ1n) is 17.7. The van der Waals surface area contributed by atoms with Gasteiger partial charge in [-0.3, -0.25) is 9.59 Å². The lowest BCUT2D eigenvalue weighted by Gasteiger charge is -2.49. The van der Waals surface area contributed by atoms with E-state index in [-0.39, 0.29) is 0 Å². The fraction of sp³-hybridized carbons (Fsp3) is 0.903. The number of nitrogens with one attached hydrogen (secondary N) is 2. The fourth-order valence-electron chi connectivity index (χ4n) is 6.73. The molecule has 330 valence electrons. The van der Waals surface area contributed by atoms with Crippen molar-refractivity contribution in [3.05, 3.63) is 0 Å². The van der Waals surface area contributed by atoms with Crippen LogP contribution in [0.1, 0.15) is 13.8 Å². The third kappa shape index (κ3) is 10.7. The smallest absolute Gasteiger partial charge is 0.335 e. The van der Waals surface area contributed by atoms with Crippen molar-refractivity contribution in [2.45, 2.75) is 143 Å². The van der Waals surface area contributed by atoms with Crippen LogP contribution in [0.5, 0.6) is 0 Å². The third-order valence-electron chi connectivity index (χ3n) is 9.72. The molecule has 4 heterocycles. The van der Waals surface area contributed by atoms with Crippen LogP contribution in [-0.4, -0.2) is 246 Å². The van der Waals surface area contributed by atoms with E-state index < -0.39 is 180 Å². The molecular formula is C31H52N2O24. The average Bonchev–Trinajstić information content (AvgIpc) is 3.46. The van der Waals surface area contributed by atoms with Gasteiger partial charge in [0, 0.05) is 13.8 Å². The number of hydrogen-bond donors (Lipinski definition) is 15. The summed E-state index contributed by atoms with van der Waals surface area (Å²) in [5, 5.41) is 139. The van der Waals surface area contributed by atoms with Gasteiger partial charge in [-0.05, 0) is 0 Å². The molecule has 4 rings (SSSR count). The molecule has 0 radical (unpaired) electrons. The van der Waals surface area contributed by atoms with Gasteiger partial charge in [-0.1, -0.05) is 0 Å². The lowest BCUT2D eigenvalue weighted by molar-refractivity contribution is -0.374. The van der Waals surface area contributed by atoms with Gasteiger partial charge in [0.25, 0.3) is 0 Å². The predicted molar refractivity (Wildman–Crippen MR) is 174 cm³/mol. The molecular weight excluding hydrogens is 784 g/mol. The number of aliphatic carboxylic acids is 1. The van der Waals surface area contributed by atoms with E-state index in [1.54, 1.807) is 0 Å². The molecule has 0 aromatic carbocycles. The van der Waals surface area contributed by atoms with Crippen LogP contribution in [0.3, 0.4) is 0 Å². The van der Waals surface area contributed by atoms with Crippen molar-refractivity contribution in [2.24, 2.45) is 0 Å². The molecule has 15 N–H and O–H groups in total.